The van der Waals surface area contributed by atoms with Gasteiger partial charge in [0.2, 0.25) is 0 Å². The van der Waals surface area contributed by atoms with Crippen molar-refractivity contribution in [2.75, 3.05) is 13.1 Å². The topological polar surface area (TPSA) is 56.0 Å². The highest BCUT2D eigenvalue weighted by Crippen LogP contribution is 2.32. The van der Waals surface area contributed by atoms with E-state index in [4.69, 9.17) is 0 Å². The summed E-state index contributed by atoms with van der Waals surface area (Å²) < 4.78 is 41.7. The van der Waals surface area contributed by atoms with E-state index in [2.05, 4.69) is 10.1 Å². The van der Waals surface area contributed by atoms with E-state index in [-0.39, 0.29) is 11.8 Å². The molecule has 0 N–H and O–H groups in total. The molecule has 1 fully saturated rings. The van der Waals surface area contributed by atoms with E-state index in [9.17, 15) is 18.0 Å². The van der Waals surface area contributed by atoms with Crippen LogP contribution >= 0.6 is 0 Å². The van der Waals surface area contributed by atoms with Crippen molar-refractivity contribution < 1.29 is 18.0 Å². The van der Waals surface area contributed by atoms with Crippen LogP contribution in [0.4, 0.5) is 13.2 Å². The smallest absolute Gasteiger partial charge is 0.338 e. The summed E-state index contributed by atoms with van der Waals surface area (Å²) in [5, 5.41) is 4.10. The minimum absolute atomic E-state index is 0.144. The Morgan fingerprint density at radius 3 is 2.72 bits per heavy atom. The highest BCUT2D eigenvalue weighted by molar-refractivity contribution is 5.93. The summed E-state index contributed by atoms with van der Waals surface area (Å²) in [5.41, 5.74) is -0.393. The fourth-order valence-corrected chi connectivity index (χ4v) is 3.20. The molecule has 3 heterocycles. The second kappa shape index (κ2) is 6.53. The molecule has 3 rings (SSSR count). The van der Waals surface area contributed by atoms with Crippen molar-refractivity contribution in [1.29, 1.82) is 0 Å². The van der Waals surface area contributed by atoms with E-state index in [1.165, 1.54) is 10.8 Å². The normalized spacial score (nSPS) is 18.6. The number of amides is 1. The largest absolute Gasteiger partial charge is 0.434 e. The van der Waals surface area contributed by atoms with Gasteiger partial charge in [-0.2, -0.15) is 18.3 Å². The third-order valence-corrected chi connectivity index (χ3v) is 4.48. The number of alkyl halides is 3. The average molecular weight is 355 g/mol. The van der Waals surface area contributed by atoms with Crippen molar-refractivity contribution in [2.45, 2.75) is 38.4 Å². The summed E-state index contributed by atoms with van der Waals surface area (Å²) in [6.45, 7) is 3.54. The van der Waals surface area contributed by atoms with E-state index in [0.717, 1.165) is 12.6 Å². The third-order valence-electron chi connectivity index (χ3n) is 4.48. The van der Waals surface area contributed by atoms with Gasteiger partial charge in [-0.3, -0.25) is 9.48 Å². The van der Waals surface area contributed by atoms with Crippen molar-refractivity contribution in [2.24, 2.45) is 7.05 Å². The molecule has 0 aliphatic carbocycles. The van der Waals surface area contributed by atoms with Gasteiger partial charge in [-0.05, 0) is 19.8 Å². The Labute approximate surface area is 143 Å². The Bertz CT molecular complexity index is 764. The van der Waals surface area contributed by atoms with Gasteiger partial charge in [0.05, 0.1) is 11.8 Å². The zero-order valence-electron chi connectivity index (χ0n) is 14.1. The van der Waals surface area contributed by atoms with Crippen LogP contribution in [0.1, 0.15) is 47.6 Å². The summed E-state index contributed by atoms with van der Waals surface area (Å²) in [5.74, 6) is 0.0174. The molecule has 0 unspecified atom stereocenters. The lowest BCUT2D eigenvalue weighted by atomic mass is 9.96. The molecule has 0 saturated carbocycles. The summed E-state index contributed by atoms with van der Waals surface area (Å²) in [6, 6.07) is 0. The molecule has 1 amide bonds. The Morgan fingerprint density at radius 1 is 1.36 bits per heavy atom. The minimum Gasteiger partial charge on any atom is -0.338 e. The summed E-state index contributed by atoms with van der Waals surface area (Å²) in [6.07, 6.45) is 1.19. The SMILES string of the molecule is CCn1cc(C(=O)N2CCC[C@@H](c3nc(C(F)(F)F)cn3C)C2)cn1. The molecule has 1 saturated heterocycles. The number of imidazole rings is 1. The number of halogens is 3. The van der Waals surface area contributed by atoms with E-state index in [1.54, 1.807) is 22.8 Å². The Kier molecular flexibility index (Phi) is 4.57. The molecule has 1 aliphatic heterocycles. The second-order valence-electron chi connectivity index (χ2n) is 6.27. The van der Waals surface area contributed by atoms with Crippen LogP contribution in [0.3, 0.4) is 0 Å². The molecule has 0 radical (unpaired) electrons. The third kappa shape index (κ3) is 3.54. The number of rotatable bonds is 3. The van der Waals surface area contributed by atoms with Crippen LogP contribution in [0.2, 0.25) is 0 Å². The fourth-order valence-electron chi connectivity index (χ4n) is 3.20. The van der Waals surface area contributed by atoms with Gasteiger partial charge in [-0.1, -0.05) is 0 Å². The minimum atomic E-state index is -4.46. The van der Waals surface area contributed by atoms with E-state index in [1.807, 2.05) is 6.92 Å². The maximum atomic E-state index is 12.9. The molecular weight excluding hydrogens is 335 g/mol. The van der Waals surface area contributed by atoms with Crippen LogP contribution in [0.15, 0.2) is 18.6 Å². The predicted molar refractivity (Wildman–Crippen MR) is 84.0 cm³/mol. The molecule has 25 heavy (non-hydrogen) atoms. The number of aromatic nitrogens is 4. The maximum absolute atomic E-state index is 12.9. The van der Waals surface area contributed by atoms with Crippen LogP contribution in [0.25, 0.3) is 0 Å². The molecule has 2 aromatic rings. The van der Waals surface area contributed by atoms with Gasteiger partial charge in [0.25, 0.3) is 5.91 Å². The van der Waals surface area contributed by atoms with E-state index >= 15 is 0 Å². The van der Waals surface area contributed by atoms with E-state index < -0.39 is 11.9 Å². The second-order valence-corrected chi connectivity index (χ2v) is 6.27. The first-order chi connectivity index (χ1) is 11.8. The highest BCUT2D eigenvalue weighted by atomic mass is 19.4. The molecule has 0 aromatic carbocycles. The monoisotopic (exact) mass is 355 g/mol. The summed E-state index contributed by atoms with van der Waals surface area (Å²) in [4.78, 5) is 18.1. The lowest BCUT2D eigenvalue weighted by Gasteiger charge is -2.32. The van der Waals surface area contributed by atoms with Gasteiger partial charge in [-0.15, -0.1) is 0 Å². The van der Waals surface area contributed by atoms with Crippen molar-refractivity contribution in [3.05, 3.63) is 35.7 Å². The molecule has 1 atom stereocenters. The van der Waals surface area contributed by atoms with Crippen molar-refractivity contribution >= 4 is 5.91 Å². The van der Waals surface area contributed by atoms with Gasteiger partial charge >= 0.3 is 6.18 Å². The number of carbonyl (C=O) groups is 1. The van der Waals surface area contributed by atoms with Gasteiger partial charge in [-0.25, -0.2) is 4.98 Å². The summed E-state index contributed by atoms with van der Waals surface area (Å²) >= 11 is 0. The number of carbonyl (C=O) groups excluding carboxylic acids is 1. The van der Waals surface area contributed by atoms with Crippen LogP contribution < -0.4 is 0 Å². The number of aryl methyl sites for hydroxylation is 2. The fraction of sp³-hybridized carbons (Fsp3) is 0.562. The van der Waals surface area contributed by atoms with Crippen LogP contribution in [0, 0.1) is 0 Å². The van der Waals surface area contributed by atoms with E-state index in [0.29, 0.717) is 37.4 Å². The van der Waals surface area contributed by atoms with Crippen LogP contribution in [-0.4, -0.2) is 43.2 Å². The standard InChI is InChI=1S/C16H20F3N5O/c1-3-24-9-12(7-20-24)15(25)23-6-4-5-11(8-23)14-21-13(10-22(14)2)16(17,18)19/h7,9-11H,3-6,8H2,1-2H3/t11-/m1/s1. The number of hydrogen-bond acceptors (Lipinski definition) is 3. The molecule has 9 heteroatoms. The predicted octanol–water partition coefficient (Wildman–Crippen LogP) is 2.68. The maximum Gasteiger partial charge on any atom is 0.434 e. The van der Waals surface area contributed by atoms with Gasteiger partial charge in [0, 0.05) is 45.0 Å². The zero-order valence-corrected chi connectivity index (χ0v) is 14.1. The first-order valence-electron chi connectivity index (χ1n) is 8.21. The number of piperidine rings is 1. The van der Waals surface area contributed by atoms with Crippen LogP contribution in [-0.2, 0) is 19.8 Å². The quantitative estimate of drug-likeness (QED) is 0.851. The Morgan fingerprint density at radius 2 is 2.12 bits per heavy atom. The molecule has 6 nitrogen and oxygen atoms in total. The summed E-state index contributed by atoms with van der Waals surface area (Å²) in [7, 11) is 1.56. The average Bonchev–Trinajstić information content (AvgIpc) is 3.20. The van der Waals surface area contributed by atoms with Gasteiger partial charge in [0.15, 0.2) is 5.69 Å². The molecule has 136 valence electrons. The lowest BCUT2D eigenvalue weighted by molar-refractivity contribution is -0.141. The lowest BCUT2D eigenvalue weighted by Crippen LogP contribution is -2.39. The van der Waals surface area contributed by atoms with Gasteiger partial charge in [0.1, 0.15) is 5.82 Å². The number of nitrogens with zero attached hydrogens (tertiary/aromatic N) is 5. The Hall–Kier alpha value is -2.32. The number of likely N-dealkylation sites (tertiary alicyclic amines) is 1. The molecule has 1 aliphatic rings. The number of hydrogen-bond donors (Lipinski definition) is 0. The van der Waals surface area contributed by atoms with Gasteiger partial charge < -0.3 is 9.47 Å². The first-order valence-corrected chi connectivity index (χ1v) is 8.21. The van der Waals surface area contributed by atoms with Crippen LogP contribution in [0.5, 0.6) is 0 Å². The van der Waals surface area contributed by atoms with Crippen molar-refractivity contribution in [3.63, 3.8) is 0 Å². The molecule has 0 spiro atoms. The first kappa shape index (κ1) is 17.5. The zero-order chi connectivity index (χ0) is 18.2. The van der Waals surface area contributed by atoms with Crippen molar-refractivity contribution in [1.82, 2.24) is 24.2 Å². The Balaban J connectivity index is 1.77. The molecule has 2 aromatic heterocycles. The highest BCUT2D eigenvalue weighted by Gasteiger charge is 2.36. The van der Waals surface area contributed by atoms with Crippen molar-refractivity contribution in [3.8, 4) is 0 Å². The molecule has 0 bridgehead atoms. The molecular formula is C16H20F3N5O.